The second kappa shape index (κ2) is 5.30. The van der Waals surface area contributed by atoms with Gasteiger partial charge in [0, 0.05) is 25.3 Å². The maximum atomic E-state index is 5.79. The van der Waals surface area contributed by atoms with Crippen molar-refractivity contribution >= 4 is 5.82 Å². The molecule has 0 aliphatic heterocycles. The lowest BCUT2D eigenvalue weighted by Gasteiger charge is -2.29. The lowest BCUT2D eigenvalue weighted by molar-refractivity contribution is 0.502. The van der Waals surface area contributed by atoms with Crippen LogP contribution in [0.1, 0.15) is 39.3 Å². The largest absolute Gasteiger partial charge is 0.357 e. The third kappa shape index (κ3) is 2.95. The predicted molar refractivity (Wildman–Crippen MR) is 69.5 cm³/mol. The van der Waals surface area contributed by atoms with Crippen molar-refractivity contribution < 1.29 is 0 Å². The summed E-state index contributed by atoms with van der Waals surface area (Å²) in [5, 5.41) is 0. The highest BCUT2D eigenvalue weighted by molar-refractivity contribution is 5.39. The van der Waals surface area contributed by atoms with E-state index < -0.39 is 0 Å². The third-order valence-electron chi connectivity index (χ3n) is 3.23. The molecule has 3 nitrogen and oxygen atoms in total. The van der Waals surface area contributed by atoms with Crippen molar-refractivity contribution in [1.29, 1.82) is 0 Å². The molecule has 0 saturated carbocycles. The van der Waals surface area contributed by atoms with E-state index in [9.17, 15) is 0 Å². The minimum absolute atomic E-state index is 0.0504. The van der Waals surface area contributed by atoms with Crippen molar-refractivity contribution in [2.75, 3.05) is 11.9 Å². The van der Waals surface area contributed by atoms with Crippen LogP contribution in [0.15, 0.2) is 18.3 Å². The van der Waals surface area contributed by atoms with E-state index in [4.69, 9.17) is 5.73 Å². The molecule has 0 aromatic carbocycles. The van der Waals surface area contributed by atoms with Gasteiger partial charge in [-0.3, -0.25) is 0 Å². The second-order valence-electron chi connectivity index (χ2n) is 4.83. The molecule has 0 aliphatic rings. The SMILES string of the molecule is CC(N)c1ccc(N(C)C(C)C(C)C)nc1. The Morgan fingerprint density at radius 1 is 1.19 bits per heavy atom. The topological polar surface area (TPSA) is 42.1 Å². The molecule has 2 unspecified atom stereocenters. The van der Waals surface area contributed by atoms with Gasteiger partial charge in [-0.25, -0.2) is 4.98 Å². The Morgan fingerprint density at radius 3 is 2.19 bits per heavy atom. The summed E-state index contributed by atoms with van der Waals surface area (Å²) < 4.78 is 0. The Kier molecular flexibility index (Phi) is 4.30. The van der Waals surface area contributed by atoms with Gasteiger partial charge in [0.25, 0.3) is 0 Å². The lowest BCUT2D eigenvalue weighted by Crippen LogP contribution is -2.33. The Bertz CT molecular complexity index is 316. The molecule has 1 aromatic rings. The molecule has 0 bridgehead atoms. The van der Waals surface area contributed by atoms with Crippen LogP contribution in [0, 0.1) is 5.92 Å². The van der Waals surface area contributed by atoms with Gasteiger partial charge in [-0.2, -0.15) is 0 Å². The van der Waals surface area contributed by atoms with Crippen LogP contribution < -0.4 is 10.6 Å². The fourth-order valence-electron chi connectivity index (χ4n) is 1.53. The molecule has 0 amide bonds. The van der Waals surface area contributed by atoms with Gasteiger partial charge >= 0.3 is 0 Å². The van der Waals surface area contributed by atoms with E-state index in [0.29, 0.717) is 12.0 Å². The molecule has 3 heteroatoms. The smallest absolute Gasteiger partial charge is 0.128 e. The van der Waals surface area contributed by atoms with Crippen LogP contribution in [-0.4, -0.2) is 18.1 Å². The highest BCUT2D eigenvalue weighted by Crippen LogP contribution is 2.18. The summed E-state index contributed by atoms with van der Waals surface area (Å²) in [6, 6.07) is 4.62. The van der Waals surface area contributed by atoms with Gasteiger partial charge in [-0.1, -0.05) is 19.9 Å². The lowest BCUT2D eigenvalue weighted by atomic mass is 10.1. The molecule has 2 N–H and O–H groups in total. The number of nitrogens with two attached hydrogens (primary N) is 1. The van der Waals surface area contributed by atoms with E-state index in [1.165, 1.54) is 0 Å². The molecule has 1 heterocycles. The highest BCUT2D eigenvalue weighted by atomic mass is 15.2. The van der Waals surface area contributed by atoms with Crippen molar-refractivity contribution in [3.05, 3.63) is 23.9 Å². The molecule has 90 valence electrons. The molecule has 0 radical (unpaired) electrons. The summed E-state index contributed by atoms with van der Waals surface area (Å²) in [6.07, 6.45) is 1.86. The number of nitrogens with zero attached hydrogens (tertiary/aromatic N) is 2. The number of anilines is 1. The van der Waals surface area contributed by atoms with Crippen molar-refractivity contribution in [2.24, 2.45) is 11.7 Å². The van der Waals surface area contributed by atoms with Gasteiger partial charge in [0.2, 0.25) is 0 Å². The van der Waals surface area contributed by atoms with Gasteiger partial charge in [0.05, 0.1) is 0 Å². The van der Waals surface area contributed by atoms with Crippen LogP contribution in [0.3, 0.4) is 0 Å². The molecule has 0 spiro atoms. The average molecular weight is 221 g/mol. The molecular weight excluding hydrogens is 198 g/mol. The van der Waals surface area contributed by atoms with Crippen molar-refractivity contribution in [1.82, 2.24) is 4.98 Å². The Morgan fingerprint density at radius 2 is 1.81 bits per heavy atom. The Labute approximate surface area is 98.7 Å². The fraction of sp³-hybridized carbons (Fsp3) is 0.615. The first-order valence-corrected chi connectivity index (χ1v) is 5.87. The first-order chi connectivity index (χ1) is 7.43. The standard InChI is InChI=1S/C13H23N3/c1-9(2)11(4)16(5)13-7-6-12(8-15-13)10(3)14/h6-11H,14H2,1-5H3. The Balaban J connectivity index is 2.81. The third-order valence-corrected chi connectivity index (χ3v) is 3.23. The summed E-state index contributed by atoms with van der Waals surface area (Å²) in [5.41, 5.74) is 6.87. The molecule has 0 aliphatic carbocycles. The zero-order valence-corrected chi connectivity index (χ0v) is 10.9. The van der Waals surface area contributed by atoms with Crippen LogP contribution in [-0.2, 0) is 0 Å². The molecule has 1 rings (SSSR count). The van der Waals surface area contributed by atoms with E-state index in [1.54, 1.807) is 0 Å². The number of rotatable bonds is 4. The average Bonchev–Trinajstić information content (AvgIpc) is 2.27. The zero-order valence-electron chi connectivity index (χ0n) is 10.9. The monoisotopic (exact) mass is 221 g/mol. The summed E-state index contributed by atoms with van der Waals surface area (Å²) in [6.45, 7) is 8.62. The van der Waals surface area contributed by atoms with Crippen molar-refractivity contribution in [3.8, 4) is 0 Å². The normalized spacial score (nSPS) is 14.9. The van der Waals surface area contributed by atoms with Gasteiger partial charge < -0.3 is 10.6 Å². The number of hydrogen-bond acceptors (Lipinski definition) is 3. The van der Waals surface area contributed by atoms with Gasteiger partial charge in [0.1, 0.15) is 5.82 Å². The van der Waals surface area contributed by atoms with Gasteiger partial charge in [-0.15, -0.1) is 0 Å². The maximum absolute atomic E-state index is 5.79. The van der Waals surface area contributed by atoms with Crippen LogP contribution in [0.4, 0.5) is 5.82 Å². The molecule has 1 aromatic heterocycles. The molecule has 0 saturated heterocycles. The van der Waals surface area contributed by atoms with E-state index in [-0.39, 0.29) is 6.04 Å². The highest BCUT2D eigenvalue weighted by Gasteiger charge is 2.14. The minimum atomic E-state index is 0.0504. The van der Waals surface area contributed by atoms with E-state index in [2.05, 4.69) is 43.8 Å². The first-order valence-electron chi connectivity index (χ1n) is 5.87. The number of pyridine rings is 1. The molecule has 2 atom stereocenters. The minimum Gasteiger partial charge on any atom is -0.357 e. The van der Waals surface area contributed by atoms with E-state index in [1.807, 2.05) is 19.2 Å². The van der Waals surface area contributed by atoms with Crippen LogP contribution >= 0.6 is 0 Å². The Hall–Kier alpha value is -1.09. The summed E-state index contributed by atoms with van der Waals surface area (Å²) in [4.78, 5) is 6.65. The van der Waals surface area contributed by atoms with Gasteiger partial charge in [-0.05, 0) is 31.4 Å². The van der Waals surface area contributed by atoms with Crippen LogP contribution in [0.5, 0.6) is 0 Å². The van der Waals surface area contributed by atoms with Gasteiger partial charge in [0.15, 0.2) is 0 Å². The number of aromatic nitrogens is 1. The summed E-state index contributed by atoms with van der Waals surface area (Å²) in [7, 11) is 2.08. The first kappa shape index (κ1) is 13.0. The van der Waals surface area contributed by atoms with E-state index >= 15 is 0 Å². The van der Waals surface area contributed by atoms with Crippen molar-refractivity contribution in [3.63, 3.8) is 0 Å². The predicted octanol–water partition coefficient (Wildman–Crippen LogP) is 2.58. The quantitative estimate of drug-likeness (QED) is 0.849. The summed E-state index contributed by atoms with van der Waals surface area (Å²) in [5.74, 6) is 1.62. The second-order valence-corrected chi connectivity index (χ2v) is 4.83. The summed E-state index contributed by atoms with van der Waals surface area (Å²) >= 11 is 0. The van der Waals surface area contributed by atoms with Crippen LogP contribution in [0.2, 0.25) is 0 Å². The molecule has 0 fully saturated rings. The van der Waals surface area contributed by atoms with E-state index in [0.717, 1.165) is 11.4 Å². The number of hydrogen-bond donors (Lipinski definition) is 1. The fourth-order valence-corrected chi connectivity index (χ4v) is 1.53. The maximum Gasteiger partial charge on any atom is 0.128 e. The molecular formula is C13H23N3. The zero-order chi connectivity index (χ0) is 12.3. The van der Waals surface area contributed by atoms with Crippen LogP contribution in [0.25, 0.3) is 0 Å². The van der Waals surface area contributed by atoms with Crippen molar-refractivity contribution in [2.45, 2.75) is 39.8 Å². The molecule has 16 heavy (non-hydrogen) atoms.